The lowest BCUT2D eigenvalue weighted by molar-refractivity contribution is -0.118. The van der Waals surface area contributed by atoms with Crippen molar-refractivity contribution in [3.63, 3.8) is 0 Å². The highest BCUT2D eigenvalue weighted by Crippen LogP contribution is 2.31. The van der Waals surface area contributed by atoms with E-state index in [-0.39, 0.29) is 17.9 Å². The number of benzene rings is 2. The number of aromatic nitrogens is 1. The molecule has 0 saturated carbocycles. The van der Waals surface area contributed by atoms with Gasteiger partial charge in [-0.3, -0.25) is 10.1 Å². The summed E-state index contributed by atoms with van der Waals surface area (Å²) in [5, 5.41) is 3.44. The van der Waals surface area contributed by atoms with Crippen molar-refractivity contribution >= 4 is 48.5 Å². The zero-order chi connectivity index (χ0) is 19.8. The monoisotopic (exact) mass is 446 g/mol. The van der Waals surface area contributed by atoms with Crippen LogP contribution in [0.2, 0.25) is 0 Å². The third-order valence-corrected chi connectivity index (χ3v) is 5.66. The van der Waals surface area contributed by atoms with Crippen LogP contribution in [0.4, 0.5) is 5.13 Å². The minimum atomic E-state index is -0.216. The number of anilines is 1. The highest BCUT2D eigenvalue weighted by molar-refractivity contribution is 9.10. The number of carbonyl (C=O) groups is 1. The number of hydrogen-bond acceptors (Lipinski definition) is 4. The van der Waals surface area contributed by atoms with Crippen molar-refractivity contribution in [3.05, 3.63) is 51.5 Å². The Morgan fingerprint density at radius 2 is 1.85 bits per heavy atom. The molecule has 3 aromatic rings. The summed E-state index contributed by atoms with van der Waals surface area (Å²) in [6.45, 7) is 10.4. The van der Waals surface area contributed by atoms with Crippen LogP contribution in [0.3, 0.4) is 0 Å². The zero-order valence-corrected chi connectivity index (χ0v) is 18.5. The van der Waals surface area contributed by atoms with E-state index in [1.54, 1.807) is 0 Å². The van der Waals surface area contributed by atoms with E-state index in [1.807, 2.05) is 32.0 Å². The molecule has 1 heterocycles. The van der Waals surface area contributed by atoms with Crippen LogP contribution in [0.25, 0.3) is 10.2 Å². The molecule has 0 fully saturated rings. The Hall–Kier alpha value is -1.92. The molecule has 0 spiro atoms. The molecular formula is C21H23BrN2O2S. The first-order valence-corrected chi connectivity index (χ1v) is 10.3. The molecule has 0 unspecified atom stereocenters. The third kappa shape index (κ3) is 4.68. The minimum Gasteiger partial charge on any atom is -0.483 e. The van der Waals surface area contributed by atoms with Gasteiger partial charge in [-0.05, 0) is 60.2 Å². The lowest BCUT2D eigenvalue weighted by Gasteiger charge is -2.18. The summed E-state index contributed by atoms with van der Waals surface area (Å²) in [5.74, 6) is 0.527. The van der Waals surface area contributed by atoms with Crippen LogP contribution < -0.4 is 10.1 Å². The Bertz CT molecular complexity index is 982. The van der Waals surface area contributed by atoms with Crippen molar-refractivity contribution in [1.82, 2.24) is 4.98 Å². The fraction of sp³-hybridized carbons (Fsp3) is 0.333. The molecule has 0 bridgehead atoms. The number of amides is 1. The zero-order valence-electron chi connectivity index (χ0n) is 16.1. The lowest BCUT2D eigenvalue weighted by Crippen LogP contribution is -2.20. The minimum absolute atomic E-state index is 0.0491. The summed E-state index contributed by atoms with van der Waals surface area (Å²) >= 11 is 4.94. The fourth-order valence-corrected chi connectivity index (χ4v) is 4.47. The van der Waals surface area contributed by atoms with E-state index in [9.17, 15) is 4.79 Å². The number of rotatable bonds is 4. The number of carbonyl (C=O) groups excluding carboxylic acids is 1. The number of halogens is 1. The summed E-state index contributed by atoms with van der Waals surface area (Å²) in [4.78, 5) is 16.8. The van der Waals surface area contributed by atoms with Gasteiger partial charge in [0.2, 0.25) is 0 Å². The molecule has 4 nitrogen and oxygen atoms in total. The maximum atomic E-state index is 12.3. The van der Waals surface area contributed by atoms with E-state index in [2.05, 4.69) is 59.1 Å². The van der Waals surface area contributed by atoms with Gasteiger partial charge in [0.15, 0.2) is 11.7 Å². The second kappa shape index (κ2) is 7.60. The number of aryl methyl sites for hydroxylation is 2. The van der Waals surface area contributed by atoms with Crippen LogP contribution in [0.1, 0.15) is 37.5 Å². The summed E-state index contributed by atoms with van der Waals surface area (Å²) in [6.07, 6.45) is 0. The second-order valence-electron chi connectivity index (χ2n) is 7.66. The predicted molar refractivity (Wildman–Crippen MR) is 116 cm³/mol. The molecule has 1 amide bonds. The molecule has 3 rings (SSSR count). The Kier molecular flexibility index (Phi) is 5.58. The molecular weight excluding hydrogens is 424 g/mol. The van der Waals surface area contributed by atoms with E-state index in [4.69, 9.17) is 4.74 Å². The molecule has 1 aromatic heterocycles. The van der Waals surface area contributed by atoms with Crippen molar-refractivity contribution in [2.24, 2.45) is 0 Å². The van der Waals surface area contributed by atoms with Gasteiger partial charge in [0.1, 0.15) is 5.75 Å². The normalized spacial score (nSPS) is 11.6. The standard InChI is InChI=1S/C21H23BrN2O2S/c1-12-8-15(22)9-13(2)19(12)26-11-18(25)24-20-23-16-7-6-14(21(3,4)5)10-17(16)27-20/h6-10H,11H2,1-5H3,(H,23,24,25). The van der Waals surface area contributed by atoms with Crippen LogP contribution in [0, 0.1) is 13.8 Å². The number of ether oxygens (including phenoxy) is 1. The van der Waals surface area contributed by atoms with E-state index in [0.29, 0.717) is 5.13 Å². The van der Waals surface area contributed by atoms with E-state index < -0.39 is 0 Å². The average molecular weight is 447 g/mol. The number of nitrogens with zero attached hydrogens (tertiary/aromatic N) is 1. The first kappa shape index (κ1) is 19.8. The molecule has 0 radical (unpaired) electrons. The van der Waals surface area contributed by atoms with Crippen molar-refractivity contribution in [3.8, 4) is 5.75 Å². The number of fused-ring (bicyclic) bond motifs is 1. The van der Waals surface area contributed by atoms with Crippen LogP contribution in [0.5, 0.6) is 5.75 Å². The number of hydrogen-bond donors (Lipinski definition) is 1. The topological polar surface area (TPSA) is 51.2 Å². The Morgan fingerprint density at radius 3 is 2.48 bits per heavy atom. The highest BCUT2D eigenvalue weighted by Gasteiger charge is 2.16. The fourth-order valence-electron chi connectivity index (χ4n) is 2.86. The highest BCUT2D eigenvalue weighted by atomic mass is 79.9. The molecule has 0 aliphatic carbocycles. The Labute approximate surface area is 172 Å². The van der Waals surface area contributed by atoms with E-state index >= 15 is 0 Å². The lowest BCUT2D eigenvalue weighted by atomic mass is 9.87. The van der Waals surface area contributed by atoms with Crippen LogP contribution >= 0.6 is 27.3 Å². The van der Waals surface area contributed by atoms with Crippen molar-refractivity contribution in [2.45, 2.75) is 40.0 Å². The largest absolute Gasteiger partial charge is 0.483 e. The number of nitrogens with one attached hydrogen (secondary N) is 1. The Balaban J connectivity index is 1.69. The van der Waals surface area contributed by atoms with Gasteiger partial charge in [-0.15, -0.1) is 0 Å². The van der Waals surface area contributed by atoms with Crippen LogP contribution in [0.15, 0.2) is 34.8 Å². The van der Waals surface area contributed by atoms with Gasteiger partial charge in [0.05, 0.1) is 10.2 Å². The van der Waals surface area contributed by atoms with Gasteiger partial charge >= 0.3 is 0 Å². The third-order valence-electron chi connectivity index (χ3n) is 4.27. The molecule has 0 aliphatic heterocycles. The molecule has 2 aromatic carbocycles. The van der Waals surface area contributed by atoms with Crippen LogP contribution in [-0.2, 0) is 10.2 Å². The Morgan fingerprint density at radius 1 is 1.19 bits per heavy atom. The molecule has 0 atom stereocenters. The average Bonchev–Trinajstić information content (AvgIpc) is 2.94. The SMILES string of the molecule is Cc1cc(Br)cc(C)c1OCC(=O)Nc1nc2ccc(C(C)(C)C)cc2s1. The molecule has 27 heavy (non-hydrogen) atoms. The molecule has 0 saturated heterocycles. The van der Waals surface area contributed by atoms with Gasteiger partial charge in [-0.25, -0.2) is 4.98 Å². The molecule has 1 N–H and O–H groups in total. The molecule has 0 aliphatic rings. The van der Waals surface area contributed by atoms with Gasteiger partial charge in [-0.1, -0.05) is 54.1 Å². The van der Waals surface area contributed by atoms with E-state index in [0.717, 1.165) is 31.6 Å². The maximum absolute atomic E-state index is 12.3. The smallest absolute Gasteiger partial charge is 0.264 e. The van der Waals surface area contributed by atoms with Crippen molar-refractivity contribution < 1.29 is 9.53 Å². The summed E-state index contributed by atoms with van der Waals surface area (Å²) in [6, 6.07) is 10.2. The summed E-state index contributed by atoms with van der Waals surface area (Å²) in [7, 11) is 0. The second-order valence-corrected chi connectivity index (χ2v) is 9.60. The van der Waals surface area contributed by atoms with Gasteiger partial charge in [0, 0.05) is 4.47 Å². The van der Waals surface area contributed by atoms with E-state index in [1.165, 1.54) is 16.9 Å². The van der Waals surface area contributed by atoms with Crippen molar-refractivity contribution in [1.29, 1.82) is 0 Å². The maximum Gasteiger partial charge on any atom is 0.264 e. The number of thiazole rings is 1. The van der Waals surface area contributed by atoms with Crippen LogP contribution in [-0.4, -0.2) is 17.5 Å². The first-order chi connectivity index (χ1) is 12.6. The summed E-state index contributed by atoms with van der Waals surface area (Å²) < 4.78 is 7.80. The molecule has 142 valence electrons. The quantitative estimate of drug-likeness (QED) is 0.535. The molecule has 6 heteroatoms. The first-order valence-electron chi connectivity index (χ1n) is 8.74. The summed E-state index contributed by atoms with van der Waals surface area (Å²) in [5.41, 5.74) is 4.20. The van der Waals surface area contributed by atoms with Crippen molar-refractivity contribution in [2.75, 3.05) is 11.9 Å². The predicted octanol–water partition coefficient (Wildman–Crippen LogP) is 5.99. The van der Waals surface area contributed by atoms with Gasteiger partial charge < -0.3 is 4.74 Å². The van der Waals surface area contributed by atoms with Gasteiger partial charge in [-0.2, -0.15) is 0 Å². The van der Waals surface area contributed by atoms with Gasteiger partial charge in [0.25, 0.3) is 5.91 Å².